The molecule has 0 amide bonds. The maximum absolute atomic E-state index is 9.52. The van der Waals surface area contributed by atoms with Gasteiger partial charge in [0.2, 0.25) is 0 Å². The van der Waals surface area contributed by atoms with Gasteiger partial charge in [0.15, 0.2) is 11.5 Å². The number of phenolic OH excluding ortho intramolecular Hbond substituents is 1. The van der Waals surface area contributed by atoms with Gasteiger partial charge in [0.25, 0.3) is 0 Å². The maximum atomic E-state index is 9.52. The van der Waals surface area contributed by atoms with E-state index in [1.54, 1.807) is 24.4 Å². The quantitative estimate of drug-likeness (QED) is 0.848. The summed E-state index contributed by atoms with van der Waals surface area (Å²) in [7, 11) is 1.53. The van der Waals surface area contributed by atoms with Gasteiger partial charge in [0, 0.05) is 6.21 Å². The molecule has 0 aromatic heterocycles. The van der Waals surface area contributed by atoms with Gasteiger partial charge in [-0.15, -0.1) is 0 Å². The van der Waals surface area contributed by atoms with E-state index in [0.717, 1.165) is 11.3 Å². The first-order chi connectivity index (χ1) is 9.08. The molecule has 0 saturated heterocycles. The first kappa shape index (κ1) is 13.1. The lowest BCUT2D eigenvalue weighted by atomic mass is 10.1. The van der Waals surface area contributed by atoms with Gasteiger partial charge in [0.05, 0.1) is 12.8 Å². The number of hydrogen-bond donors (Lipinski definition) is 1. The minimum Gasteiger partial charge on any atom is -0.504 e. The van der Waals surface area contributed by atoms with Crippen molar-refractivity contribution in [3.05, 3.63) is 53.1 Å². The predicted molar refractivity (Wildman–Crippen MR) is 77.8 cm³/mol. The standard InChI is InChI=1S/C16H17NO2/c1-11-6-12(2)8-14(7-11)17-10-13-4-5-15(18)16(9-13)19-3/h4-10,18H,1-3H3. The Labute approximate surface area is 113 Å². The third-order valence-corrected chi connectivity index (χ3v) is 2.77. The molecule has 0 aliphatic heterocycles. The van der Waals surface area contributed by atoms with Crippen molar-refractivity contribution in [2.24, 2.45) is 4.99 Å². The third kappa shape index (κ3) is 3.35. The molecule has 0 atom stereocenters. The summed E-state index contributed by atoms with van der Waals surface area (Å²) in [4.78, 5) is 4.44. The van der Waals surface area contributed by atoms with E-state index in [1.807, 2.05) is 12.1 Å². The van der Waals surface area contributed by atoms with Gasteiger partial charge in [-0.25, -0.2) is 0 Å². The molecule has 0 saturated carbocycles. The molecule has 3 heteroatoms. The van der Waals surface area contributed by atoms with Crippen molar-refractivity contribution in [2.45, 2.75) is 13.8 Å². The second-order valence-electron chi connectivity index (χ2n) is 4.54. The summed E-state index contributed by atoms with van der Waals surface area (Å²) in [6, 6.07) is 11.3. The molecular weight excluding hydrogens is 238 g/mol. The Hall–Kier alpha value is -2.29. The van der Waals surface area contributed by atoms with Gasteiger partial charge < -0.3 is 9.84 Å². The molecule has 0 aliphatic carbocycles. The van der Waals surface area contributed by atoms with Crippen LogP contribution in [0.15, 0.2) is 41.4 Å². The van der Waals surface area contributed by atoms with Gasteiger partial charge in [-0.3, -0.25) is 4.99 Å². The molecular formula is C16H17NO2. The van der Waals surface area contributed by atoms with Crippen molar-refractivity contribution in [3.63, 3.8) is 0 Å². The van der Waals surface area contributed by atoms with Crippen molar-refractivity contribution in [2.75, 3.05) is 7.11 Å². The molecule has 2 aromatic carbocycles. The fourth-order valence-electron chi connectivity index (χ4n) is 1.95. The third-order valence-electron chi connectivity index (χ3n) is 2.77. The molecule has 3 nitrogen and oxygen atoms in total. The lowest BCUT2D eigenvalue weighted by Gasteiger charge is -2.03. The average Bonchev–Trinajstić information content (AvgIpc) is 2.36. The van der Waals surface area contributed by atoms with Crippen molar-refractivity contribution < 1.29 is 9.84 Å². The minimum absolute atomic E-state index is 0.131. The molecule has 2 rings (SSSR count). The summed E-state index contributed by atoms with van der Waals surface area (Å²) in [5.41, 5.74) is 4.18. The zero-order valence-corrected chi connectivity index (χ0v) is 11.3. The van der Waals surface area contributed by atoms with Crippen molar-refractivity contribution in [1.29, 1.82) is 0 Å². The first-order valence-corrected chi connectivity index (χ1v) is 6.08. The van der Waals surface area contributed by atoms with Gasteiger partial charge >= 0.3 is 0 Å². The Morgan fingerprint density at radius 1 is 1.05 bits per heavy atom. The van der Waals surface area contributed by atoms with Crippen LogP contribution in [-0.2, 0) is 0 Å². The van der Waals surface area contributed by atoms with Gasteiger partial charge in [-0.05, 0) is 60.9 Å². The fourth-order valence-corrected chi connectivity index (χ4v) is 1.95. The van der Waals surface area contributed by atoms with Crippen LogP contribution in [0.25, 0.3) is 0 Å². The summed E-state index contributed by atoms with van der Waals surface area (Å²) in [5, 5.41) is 9.52. The highest BCUT2D eigenvalue weighted by atomic mass is 16.5. The molecule has 0 aliphatic rings. The number of methoxy groups -OCH3 is 1. The Kier molecular flexibility index (Phi) is 3.85. The van der Waals surface area contributed by atoms with Crippen LogP contribution in [0, 0.1) is 13.8 Å². The minimum atomic E-state index is 0.131. The number of rotatable bonds is 3. The van der Waals surface area contributed by atoms with Crippen LogP contribution in [0.5, 0.6) is 11.5 Å². The van der Waals surface area contributed by atoms with Gasteiger partial charge in [0.1, 0.15) is 0 Å². The predicted octanol–water partition coefficient (Wildman–Crippen LogP) is 3.77. The second kappa shape index (κ2) is 5.57. The lowest BCUT2D eigenvalue weighted by molar-refractivity contribution is 0.373. The van der Waals surface area contributed by atoms with E-state index >= 15 is 0 Å². The molecule has 0 heterocycles. The van der Waals surface area contributed by atoms with E-state index < -0.39 is 0 Å². The molecule has 0 unspecified atom stereocenters. The summed E-state index contributed by atoms with van der Waals surface area (Å²) in [6.45, 7) is 4.10. The largest absolute Gasteiger partial charge is 0.504 e. The fraction of sp³-hybridized carbons (Fsp3) is 0.188. The number of phenols is 1. The van der Waals surface area contributed by atoms with Crippen molar-refractivity contribution in [3.8, 4) is 11.5 Å². The van der Waals surface area contributed by atoms with Crippen LogP contribution in [0.1, 0.15) is 16.7 Å². The van der Waals surface area contributed by atoms with Crippen LogP contribution < -0.4 is 4.74 Å². The van der Waals surface area contributed by atoms with E-state index in [1.165, 1.54) is 18.2 Å². The second-order valence-corrected chi connectivity index (χ2v) is 4.54. The van der Waals surface area contributed by atoms with Gasteiger partial charge in [-0.2, -0.15) is 0 Å². The molecule has 0 fully saturated rings. The van der Waals surface area contributed by atoms with E-state index in [-0.39, 0.29) is 5.75 Å². The van der Waals surface area contributed by atoms with Crippen LogP contribution in [0.4, 0.5) is 5.69 Å². The Balaban J connectivity index is 2.27. The number of aryl methyl sites for hydroxylation is 2. The van der Waals surface area contributed by atoms with Crippen molar-refractivity contribution in [1.82, 2.24) is 0 Å². The zero-order valence-electron chi connectivity index (χ0n) is 11.3. The average molecular weight is 255 g/mol. The Morgan fingerprint density at radius 2 is 1.74 bits per heavy atom. The number of aromatic hydroxyl groups is 1. The zero-order chi connectivity index (χ0) is 13.8. The topological polar surface area (TPSA) is 41.8 Å². The number of ether oxygens (including phenoxy) is 1. The highest BCUT2D eigenvalue weighted by molar-refractivity contribution is 5.83. The van der Waals surface area contributed by atoms with Crippen LogP contribution >= 0.6 is 0 Å². The molecule has 0 bridgehead atoms. The van der Waals surface area contributed by atoms with Crippen LogP contribution in [0.2, 0.25) is 0 Å². The SMILES string of the molecule is COc1cc(C=Nc2cc(C)cc(C)c2)ccc1O. The number of nitrogens with zero attached hydrogens (tertiary/aromatic N) is 1. The van der Waals surface area contributed by atoms with Crippen LogP contribution in [0.3, 0.4) is 0 Å². The number of benzene rings is 2. The Morgan fingerprint density at radius 3 is 2.37 bits per heavy atom. The smallest absolute Gasteiger partial charge is 0.161 e. The summed E-state index contributed by atoms with van der Waals surface area (Å²) >= 11 is 0. The van der Waals surface area contributed by atoms with E-state index in [9.17, 15) is 5.11 Å². The lowest BCUT2D eigenvalue weighted by Crippen LogP contribution is -1.87. The van der Waals surface area contributed by atoms with E-state index in [0.29, 0.717) is 5.75 Å². The normalized spacial score (nSPS) is 10.9. The number of hydrogen-bond acceptors (Lipinski definition) is 3. The highest BCUT2D eigenvalue weighted by Gasteiger charge is 2.01. The molecule has 0 spiro atoms. The number of aliphatic imine (C=N–C) groups is 1. The van der Waals surface area contributed by atoms with Gasteiger partial charge in [-0.1, -0.05) is 6.07 Å². The van der Waals surface area contributed by atoms with E-state index in [2.05, 4.69) is 24.9 Å². The summed E-state index contributed by atoms with van der Waals surface area (Å²) in [6.07, 6.45) is 1.76. The highest BCUT2D eigenvalue weighted by Crippen LogP contribution is 2.26. The molecule has 2 aromatic rings. The monoisotopic (exact) mass is 255 g/mol. The Bertz CT molecular complexity index is 598. The molecule has 0 radical (unpaired) electrons. The molecule has 19 heavy (non-hydrogen) atoms. The van der Waals surface area contributed by atoms with Crippen LogP contribution in [-0.4, -0.2) is 18.4 Å². The molecule has 98 valence electrons. The van der Waals surface area contributed by atoms with Crippen molar-refractivity contribution >= 4 is 11.9 Å². The maximum Gasteiger partial charge on any atom is 0.161 e. The summed E-state index contributed by atoms with van der Waals surface area (Å²) in [5.74, 6) is 0.579. The van der Waals surface area contributed by atoms with E-state index in [4.69, 9.17) is 4.74 Å². The summed E-state index contributed by atoms with van der Waals surface area (Å²) < 4.78 is 5.06. The first-order valence-electron chi connectivity index (χ1n) is 6.08. The molecule has 1 N–H and O–H groups in total.